The molecular weight excluding hydrogens is 222 g/mol. The zero-order chi connectivity index (χ0) is 12.3. The predicted octanol–water partition coefficient (Wildman–Crippen LogP) is 3.05. The smallest absolute Gasteiger partial charge is 0.159 e. The van der Waals surface area contributed by atoms with Crippen molar-refractivity contribution in [3.63, 3.8) is 0 Å². The minimum absolute atomic E-state index is 0.0896. The lowest BCUT2D eigenvalue weighted by Gasteiger charge is -2.20. The molecule has 1 atom stereocenters. The molecule has 2 nitrogen and oxygen atoms in total. The van der Waals surface area contributed by atoms with Crippen molar-refractivity contribution in [2.24, 2.45) is 11.8 Å². The van der Waals surface area contributed by atoms with Crippen LogP contribution in [0.5, 0.6) is 0 Å². The number of nitrogens with one attached hydrogen (secondary N) is 1. The number of halogens is 2. The largest absolute Gasteiger partial charge is 0.271 e. The van der Waals surface area contributed by atoms with Crippen LogP contribution in [0, 0.1) is 17.6 Å². The van der Waals surface area contributed by atoms with Gasteiger partial charge in [0.1, 0.15) is 0 Å². The third kappa shape index (κ3) is 3.01. The number of hydrogen-bond acceptors (Lipinski definition) is 2. The highest BCUT2D eigenvalue weighted by Gasteiger charge is 2.21. The van der Waals surface area contributed by atoms with Gasteiger partial charge in [-0.3, -0.25) is 11.3 Å². The molecule has 1 aliphatic rings. The molecule has 94 valence electrons. The van der Waals surface area contributed by atoms with E-state index in [4.69, 9.17) is 5.84 Å². The van der Waals surface area contributed by atoms with Crippen LogP contribution < -0.4 is 11.3 Å². The Balaban J connectivity index is 2.08. The molecule has 2 rings (SSSR count). The van der Waals surface area contributed by atoms with Crippen LogP contribution in [0.3, 0.4) is 0 Å². The molecule has 1 saturated carbocycles. The second-order valence-corrected chi connectivity index (χ2v) is 4.78. The van der Waals surface area contributed by atoms with Gasteiger partial charge in [-0.1, -0.05) is 31.7 Å². The summed E-state index contributed by atoms with van der Waals surface area (Å²) in [6.45, 7) is 0. The molecule has 0 aromatic heterocycles. The van der Waals surface area contributed by atoms with Crippen LogP contribution in [0.1, 0.15) is 43.7 Å². The van der Waals surface area contributed by atoms with Gasteiger partial charge in [-0.15, -0.1) is 0 Å². The lowest BCUT2D eigenvalue weighted by atomic mass is 9.94. The van der Waals surface area contributed by atoms with Crippen molar-refractivity contribution >= 4 is 0 Å². The van der Waals surface area contributed by atoms with Gasteiger partial charge in [-0.2, -0.15) is 0 Å². The normalized spacial score (nSPS) is 18.5. The Morgan fingerprint density at radius 1 is 1.24 bits per heavy atom. The van der Waals surface area contributed by atoms with E-state index in [2.05, 4.69) is 5.43 Å². The van der Waals surface area contributed by atoms with E-state index in [1.165, 1.54) is 31.7 Å². The minimum atomic E-state index is -0.814. The average Bonchev–Trinajstić information content (AvgIpc) is 2.82. The Labute approximate surface area is 100 Å². The molecule has 0 saturated heterocycles. The highest BCUT2D eigenvalue weighted by Crippen LogP contribution is 2.32. The number of nitrogens with two attached hydrogens (primary N) is 1. The van der Waals surface area contributed by atoms with E-state index in [9.17, 15) is 8.78 Å². The molecule has 4 heteroatoms. The van der Waals surface area contributed by atoms with Crippen LogP contribution in [0.2, 0.25) is 0 Å². The molecule has 0 amide bonds. The minimum Gasteiger partial charge on any atom is -0.271 e. The van der Waals surface area contributed by atoms with Gasteiger partial charge in [0.05, 0.1) is 0 Å². The Kier molecular flexibility index (Phi) is 4.07. The van der Waals surface area contributed by atoms with Crippen molar-refractivity contribution in [3.05, 3.63) is 35.4 Å². The van der Waals surface area contributed by atoms with Crippen molar-refractivity contribution in [2.75, 3.05) is 0 Å². The topological polar surface area (TPSA) is 38.0 Å². The summed E-state index contributed by atoms with van der Waals surface area (Å²) < 4.78 is 26.0. The zero-order valence-electron chi connectivity index (χ0n) is 9.76. The third-order valence-electron chi connectivity index (χ3n) is 3.59. The fraction of sp³-hybridized carbons (Fsp3) is 0.538. The van der Waals surface area contributed by atoms with Crippen molar-refractivity contribution in [2.45, 2.75) is 38.1 Å². The van der Waals surface area contributed by atoms with Gasteiger partial charge < -0.3 is 0 Å². The van der Waals surface area contributed by atoms with E-state index in [1.807, 2.05) is 0 Å². The average molecular weight is 240 g/mol. The maximum atomic E-state index is 13.1. The van der Waals surface area contributed by atoms with Crippen LogP contribution >= 0.6 is 0 Å². The Morgan fingerprint density at radius 3 is 2.53 bits per heavy atom. The first-order chi connectivity index (χ1) is 8.20. The van der Waals surface area contributed by atoms with Gasteiger partial charge in [0.15, 0.2) is 11.6 Å². The quantitative estimate of drug-likeness (QED) is 0.627. The van der Waals surface area contributed by atoms with Gasteiger partial charge in [-0.25, -0.2) is 8.78 Å². The van der Waals surface area contributed by atoms with E-state index in [1.54, 1.807) is 6.07 Å². The van der Waals surface area contributed by atoms with Gasteiger partial charge in [0.25, 0.3) is 0 Å². The maximum Gasteiger partial charge on any atom is 0.159 e. The van der Waals surface area contributed by atoms with E-state index in [0.29, 0.717) is 5.92 Å². The maximum absolute atomic E-state index is 13.1. The predicted molar refractivity (Wildman–Crippen MR) is 63.0 cm³/mol. The summed E-state index contributed by atoms with van der Waals surface area (Å²) in [6, 6.07) is 3.89. The molecule has 0 aliphatic heterocycles. The number of hydrogen-bond donors (Lipinski definition) is 2. The van der Waals surface area contributed by atoms with Crippen molar-refractivity contribution in [1.29, 1.82) is 0 Å². The molecule has 1 aromatic rings. The summed E-state index contributed by atoms with van der Waals surface area (Å²) in [4.78, 5) is 0. The van der Waals surface area contributed by atoms with Gasteiger partial charge >= 0.3 is 0 Å². The first-order valence-corrected chi connectivity index (χ1v) is 6.12. The lowest BCUT2D eigenvalue weighted by Crippen LogP contribution is -2.29. The fourth-order valence-electron chi connectivity index (χ4n) is 2.61. The van der Waals surface area contributed by atoms with Crippen LogP contribution in [-0.4, -0.2) is 0 Å². The van der Waals surface area contributed by atoms with Crippen molar-refractivity contribution < 1.29 is 8.78 Å². The van der Waals surface area contributed by atoms with E-state index >= 15 is 0 Å². The Bertz CT molecular complexity index is 376. The summed E-state index contributed by atoms with van der Waals surface area (Å²) in [5.41, 5.74) is 3.42. The van der Waals surface area contributed by atoms with E-state index in [-0.39, 0.29) is 6.04 Å². The summed E-state index contributed by atoms with van der Waals surface area (Å²) in [5.74, 6) is 4.52. The van der Waals surface area contributed by atoms with Crippen molar-refractivity contribution in [1.82, 2.24) is 5.43 Å². The Morgan fingerprint density at radius 2 is 1.94 bits per heavy atom. The van der Waals surface area contributed by atoms with E-state index < -0.39 is 11.6 Å². The molecule has 1 unspecified atom stereocenters. The Hall–Kier alpha value is -1.00. The SMILES string of the molecule is NNC(CC1CCCC1)c1ccc(F)c(F)c1. The fourth-order valence-corrected chi connectivity index (χ4v) is 2.61. The number of benzene rings is 1. The summed E-state index contributed by atoms with van der Waals surface area (Å²) in [5, 5.41) is 0. The van der Waals surface area contributed by atoms with Gasteiger partial charge in [0, 0.05) is 6.04 Å². The molecule has 1 aromatic carbocycles. The summed E-state index contributed by atoms with van der Waals surface area (Å²) >= 11 is 0. The number of rotatable bonds is 4. The monoisotopic (exact) mass is 240 g/mol. The molecule has 1 aliphatic carbocycles. The molecular formula is C13H18F2N2. The van der Waals surface area contributed by atoms with Crippen LogP contribution in [-0.2, 0) is 0 Å². The molecule has 0 bridgehead atoms. The molecule has 17 heavy (non-hydrogen) atoms. The molecule has 0 radical (unpaired) electrons. The lowest BCUT2D eigenvalue weighted by molar-refractivity contribution is 0.397. The van der Waals surface area contributed by atoms with Gasteiger partial charge in [0.2, 0.25) is 0 Å². The molecule has 1 fully saturated rings. The van der Waals surface area contributed by atoms with Crippen LogP contribution in [0.25, 0.3) is 0 Å². The highest BCUT2D eigenvalue weighted by molar-refractivity contribution is 5.21. The molecule has 3 N–H and O–H groups in total. The number of hydrazine groups is 1. The molecule has 0 spiro atoms. The third-order valence-corrected chi connectivity index (χ3v) is 3.59. The zero-order valence-corrected chi connectivity index (χ0v) is 9.76. The first kappa shape index (κ1) is 12.5. The highest BCUT2D eigenvalue weighted by atomic mass is 19.2. The second kappa shape index (κ2) is 5.56. The summed E-state index contributed by atoms with van der Waals surface area (Å²) in [7, 11) is 0. The second-order valence-electron chi connectivity index (χ2n) is 4.78. The standard InChI is InChI=1S/C13H18F2N2/c14-11-6-5-10(8-12(11)15)13(17-16)7-9-3-1-2-4-9/h5-6,8-9,13,17H,1-4,7,16H2. The molecule has 0 heterocycles. The van der Waals surface area contributed by atoms with Crippen molar-refractivity contribution in [3.8, 4) is 0 Å². The van der Waals surface area contributed by atoms with Gasteiger partial charge in [-0.05, 0) is 30.0 Å². The van der Waals surface area contributed by atoms with Crippen LogP contribution in [0.15, 0.2) is 18.2 Å². The summed E-state index contributed by atoms with van der Waals surface area (Å²) in [6.07, 6.45) is 5.84. The first-order valence-electron chi connectivity index (χ1n) is 6.12. The van der Waals surface area contributed by atoms with E-state index in [0.717, 1.165) is 18.1 Å². The van der Waals surface area contributed by atoms with Crippen LogP contribution in [0.4, 0.5) is 8.78 Å².